The minimum Gasteiger partial charge on any atom is -0.497 e. The molecule has 0 saturated heterocycles. The highest BCUT2D eigenvalue weighted by Gasteiger charge is 2.07. The summed E-state index contributed by atoms with van der Waals surface area (Å²) in [7, 11) is 1.57. The molecule has 0 unspecified atom stereocenters. The zero-order valence-electron chi connectivity index (χ0n) is 11.0. The number of amides is 1. The fraction of sp³-hybridized carbons (Fsp3) is 0.0625. The first-order chi connectivity index (χ1) is 9.69. The van der Waals surface area contributed by atoms with Crippen molar-refractivity contribution in [3.63, 3.8) is 0 Å². The van der Waals surface area contributed by atoms with Crippen molar-refractivity contribution in [3.8, 4) is 5.75 Å². The van der Waals surface area contributed by atoms with Crippen LogP contribution < -0.4 is 10.1 Å². The molecule has 1 N–H and O–H groups in total. The van der Waals surface area contributed by atoms with Crippen molar-refractivity contribution in [1.82, 2.24) is 0 Å². The molecule has 0 bridgehead atoms. The van der Waals surface area contributed by atoms with Crippen LogP contribution in [0.25, 0.3) is 6.08 Å². The molecular formula is C16H14ClNO2. The van der Waals surface area contributed by atoms with Crippen LogP contribution in [0, 0.1) is 0 Å². The van der Waals surface area contributed by atoms with Crippen molar-refractivity contribution in [2.75, 3.05) is 12.4 Å². The molecule has 2 aromatic carbocycles. The van der Waals surface area contributed by atoms with Gasteiger partial charge in [-0.1, -0.05) is 48.0 Å². The molecular weight excluding hydrogens is 274 g/mol. The average molecular weight is 288 g/mol. The summed E-state index contributed by atoms with van der Waals surface area (Å²) >= 11 is 6.01. The van der Waals surface area contributed by atoms with Crippen LogP contribution in [0.15, 0.2) is 59.6 Å². The van der Waals surface area contributed by atoms with E-state index in [9.17, 15) is 4.79 Å². The molecule has 20 heavy (non-hydrogen) atoms. The first kappa shape index (κ1) is 14.2. The number of hydrogen-bond donors (Lipinski definition) is 1. The SMILES string of the molecule is COc1cccc(NC(=O)C(Cl)=Cc2ccccc2)c1. The van der Waals surface area contributed by atoms with Gasteiger partial charge in [0.25, 0.3) is 5.91 Å². The fourth-order valence-electron chi connectivity index (χ4n) is 1.65. The number of anilines is 1. The number of rotatable bonds is 4. The number of carbonyl (C=O) groups is 1. The maximum atomic E-state index is 12.0. The van der Waals surface area contributed by atoms with Gasteiger partial charge >= 0.3 is 0 Å². The Morgan fingerprint density at radius 3 is 2.60 bits per heavy atom. The lowest BCUT2D eigenvalue weighted by Gasteiger charge is -2.06. The monoisotopic (exact) mass is 287 g/mol. The Kier molecular flexibility index (Phi) is 4.80. The predicted molar refractivity (Wildman–Crippen MR) is 81.9 cm³/mol. The van der Waals surface area contributed by atoms with Gasteiger partial charge in [0.1, 0.15) is 10.8 Å². The summed E-state index contributed by atoms with van der Waals surface area (Å²) in [5.41, 5.74) is 1.51. The number of carbonyl (C=O) groups excluding carboxylic acids is 1. The van der Waals surface area contributed by atoms with E-state index in [0.717, 1.165) is 5.56 Å². The smallest absolute Gasteiger partial charge is 0.267 e. The molecule has 1 amide bonds. The molecule has 0 spiro atoms. The van der Waals surface area contributed by atoms with Crippen LogP contribution in [0.3, 0.4) is 0 Å². The Hall–Kier alpha value is -2.26. The van der Waals surface area contributed by atoms with E-state index in [-0.39, 0.29) is 10.9 Å². The van der Waals surface area contributed by atoms with Crippen LogP contribution in [0.1, 0.15) is 5.56 Å². The van der Waals surface area contributed by atoms with E-state index in [4.69, 9.17) is 16.3 Å². The van der Waals surface area contributed by atoms with Gasteiger partial charge in [-0.15, -0.1) is 0 Å². The summed E-state index contributed by atoms with van der Waals surface area (Å²) in [6, 6.07) is 16.5. The molecule has 0 aliphatic rings. The van der Waals surface area contributed by atoms with E-state index in [1.165, 1.54) is 0 Å². The molecule has 0 atom stereocenters. The van der Waals surface area contributed by atoms with Gasteiger partial charge in [-0.25, -0.2) is 0 Å². The quantitative estimate of drug-likeness (QED) is 0.866. The Morgan fingerprint density at radius 1 is 1.15 bits per heavy atom. The van der Waals surface area contributed by atoms with E-state index >= 15 is 0 Å². The Labute approximate surface area is 122 Å². The van der Waals surface area contributed by atoms with Gasteiger partial charge in [-0.3, -0.25) is 4.79 Å². The molecule has 2 aromatic rings. The first-order valence-electron chi connectivity index (χ1n) is 6.06. The van der Waals surface area contributed by atoms with E-state index in [1.807, 2.05) is 30.3 Å². The van der Waals surface area contributed by atoms with Crippen LogP contribution in [0.2, 0.25) is 0 Å². The van der Waals surface area contributed by atoms with Crippen molar-refractivity contribution in [3.05, 3.63) is 65.2 Å². The van der Waals surface area contributed by atoms with Crippen LogP contribution >= 0.6 is 11.6 Å². The lowest BCUT2D eigenvalue weighted by molar-refractivity contribution is -0.112. The highest BCUT2D eigenvalue weighted by Crippen LogP contribution is 2.18. The molecule has 0 heterocycles. The second-order valence-corrected chi connectivity index (χ2v) is 4.50. The van der Waals surface area contributed by atoms with E-state index < -0.39 is 0 Å². The van der Waals surface area contributed by atoms with Gasteiger partial charge in [-0.2, -0.15) is 0 Å². The predicted octanol–water partition coefficient (Wildman–Crippen LogP) is 3.91. The van der Waals surface area contributed by atoms with Crippen molar-refractivity contribution in [2.45, 2.75) is 0 Å². The summed E-state index contributed by atoms with van der Waals surface area (Å²) in [6.45, 7) is 0. The second kappa shape index (κ2) is 6.78. The van der Waals surface area contributed by atoms with Crippen molar-refractivity contribution < 1.29 is 9.53 Å². The summed E-state index contributed by atoms with van der Waals surface area (Å²) in [4.78, 5) is 12.0. The number of halogens is 1. The lowest BCUT2D eigenvalue weighted by Crippen LogP contribution is -2.11. The summed E-state index contributed by atoms with van der Waals surface area (Å²) in [6.07, 6.45) is 1.62. The van der Waals surface area contributed by atoms with E-state index in [1.54, 1.807) is 37.5 Å². The van der Waals surface area contributed by atoms with E-state index in [0.29, 0.717) is 11.4 Å². The third-order valence-electron chi connectivity index (χ3n) is 2.64. The van der Waals surface area contributed by atoms with Crippen LogP contribution in [0.4, 0.5) is 5.69 Å². The van der Waals surface area contributed by atoms with Crippen LogP contribution in [-0.4, -0.2) is 13.0 Å². The maximum absolute atomic E-state index is 12.0. The highest BCUT2D eigenvalue weighted by molar-refractivity contribution is 6.45. The summed E-state index contributed by atoms with van der Waals surface area (Å²) in [5.74, 6) is 0.315. The largest absolute Gasteiger partial charge is 0.497 e. The van der Waals surface area contributed by atoms with Crippen LogP contribution in [-0.2, 0) is 4.79 Å². The minimum absolute atomic E-state index is 0.124. The first-order valence-corrected chi connectivity index (χ1v) is 6.44. The number of hydrogen-bond acceptors (Lipinski definition) is 2. The average Bonchev–Trinajstić information content (AvgIpc) is 2.48. The topological polar surface area (TPSA) is 38.3 Å². The lowest BCUT2D eigenvalue weighted by atomic mass is 10.2. The number of ether oxygens (including phenoxy) is 1. The maximum Gasteiger partial charge on any atom is 0.267 e. The molecule has 0 radical (unpaired) electrons. The molecule has 0 aliphatic carbocycles. The van der Waals surface area contributed by atoms with Crippen molar-refractivity contribution in [2.24, 2.45) is 0 Å². The third kappa shape index (κ3) is 3.87. The van der Waals surface area contributed by atoms with Gasteiger partial charge in [-0.05, 0) is 23.8 Å². The number of methoxy groups -OCH3 is 1. The van der Waals surface area contributed by atoms with Crippen molar-refractivity contribution in [1.29, 1.82) is 0 Å². The van der Waals surface area contributed by atoms with Gasteiger partial charge in [0.05, 0.1) is 7.11 Å². The van der Waals surface area contributed by atoms with Crippen LogP contribution in [0.5, 0.6) is 5.75 Å². The molecule has 0 fully saturated rings. The number of benzene rings is 2. The van der Waals surface area contributed by atoms with E-state index in [2.05, 4.69) is 5.32 Å². The Morgan fingerprint density at radius 2 is 1.90 bits per heavy atom. The molecule has 0 saturated carbocycles. The van der Waals surface area contributed by atoms with Gasteiger partial charge < -0.3 is 10.1 Å². The van der Waals surface area contributed by atoms with Crippen molar-refractivity contribution >= 4 is 29.3 Å². The second-order valence-electron chi connectivity index (χ2n) is 4.09. The summed E-state index contributed by atoms with van der Waals surface area (Å²) < 4.78 is 5.09. The van der Waals surface area contributed by atoms with Gasteiger partial charge in [0, 0.05) is 11.8 Å². The van der Waals surface area contributed by atoms with Gasteiger partial charge in [0.15, 0.2) is 0 Å². The number of nitrogens with one attached hydrogen (secondary N) is 1. The standard InChI is InChI=1S/C16H14ClNO2/c1-20-14-9-5-8-13(11-14)18-16(19)15(17)10-12-6-3-2-4-7-12/h2-11H,1H3,(H,18,19). The molecule has 0 aliphatic heterocycles. The Balaban J connectivity index is 2.09. The molecule has 4 heteroatoms. The minimum atomic E-state index is -0.358. The highest BCUT2D eigenvalue weighted by atomic mass is 35.5. The molecule has 0 aromatic heterocycles. The zero-order chi connectivity index (χ0) is 14.4. The fourth-order valence-corrected chi connectivity index (χ4v) is 1.83. The molecule has 2 rings (SSSR count). The molecule has 102 valence electrons. The third-order valence-corrected chi connectivity index (χ3v) is 2.92. The zero-order valence-corrected chi connectivity index (χ0v) is 11.7. The summed E-state index contributed by atoms with van der Waals surface area (Å²) in [5, 5.41) is 2.84. The van der Waals surface area contributed by atoms with Gasteiger partial charge in [0.2, 0.25) is 0 Å². The normalized spacial score (nSPS) is 11.0. The molecule has 3 nitrogen and oxygen atoms in total. The Bertz CT molecular complexity index is 623.